The van der Waals surface area contributed by atoms with Crippen LogP contribution in [0.25, 0.3) is 0 Å². The molecule has 0 aliphatic heterocycles. The Morgan fingerprint density at radius 2 is 1.69 bits per heavy atom. The maximum Gasteiger partial charge on any atom is 0.000934 e. The lowest BCUT2D eigenvalue weighted by atomic mass is 10.0. The number of rotatable bonds is 11. The first-order valence-corrected chi connectivity index (χ1v) is 7.21. The number of hydrogen-bond donors (Lipinski definition) is 1. The highest BCUT2D eigenvalue weighted by molar-refractivity contribution is 4.63. The molecule has 2 heteroatoms. The summed E-state index contributed by atoms with van der Waals surface area (Å²) in [7, 11) is 0. The summed E-state index contributed by atoms with van der Waals surface area (Å²) in [4.78, 5) is 2.61. The zero-order chi connectivity index (χ0) is 12.2. The Hall–Kier alpha value is -0.0800. The molecule has 0 aromatic heterocycles. The Morgan fingerprint density at radius 3 is 2.19 bits per heavy atom. The SMILES string of the molecule is CCNCCCCN(CC)CC(CC)CC. The van der Waals surface area contributed by atoms with Crippen molar-refractivity contribution in [1.29, 1.82) is 0 Å². The van der Waals surface area contributed by atoms with Crippen LogP contribution in [0.4, 0.5) is 0 Å². The van der Waals surface area contributed by atoms with Gasteiger partial charge in [-0.25, -0.2) is 0 Å². The smallest absolute Gasteiger partial charge is 0.000934 e. The summed E-state index contributed by atoms with van der Waals surface area (Å²) < 4.78 is 0. The predicted molar refractivity (Wildman–Crippen MR) is 74.0 cm³/mol. The molecule has 98 valence electrons. The van der Waals surface area contributed by atoms with Crippen molar-refractivity contribution in [3.05, 3.63) is 0 Å². The maximum absolute atomic E-state index is 3.38. The molecule has 1 N–H and O–H groups in total. The summed E-state index contributed by atoms with van der Waals surface area (Å²) in [5, 5.41) is 3.38. The minimum Gasteiger partial charge on any atom is -0.317 e. The van der Waals surface area contributed by atoms with Crippen LogP contribution in [0.1, 0.15) is 53.4 Å². The minimum atomic E-state index is 0.897. The monoisotopic (exact) mass is 228 g/mol. The molecular formula is C14H32N2. The molecule has 0 aliphatic rings. The highest BCUT2D eigenvalue weighted by Crippen LogP contribution is 2.10. The Morgan fingerprint density at radius 1 is 1.00 bits per heavy atom. The van der Waals surface area contributed by atoms with Gasteiger partial charge in [0.1, 0.15) is 0 Å². The van der Waals surface area contributed by atoms with Gasteiger partial charge in [0, 0.05) is 6.54 Å². The highest BCUT2D eigenvalue weighted by Gasteiger charge is 2.08. The molecule has 0 bridgehead atoms. The summed E-state index contributed by atoms with van der Waals surface area (Å²) in [6.07, 6.45) is 5.29. The fourth-order valence-electron chi connectivity index (χ4n) is 2.05. The van der Waals surface area contributed by atoms with Gasteiger partial charge in [-0.15, -0.1) is 0 Å². The van der Waals surface area contributed by atoms with Gasteiger partial charge in [-0.1, -0.05) is 40.5 Å². The first-order chi connectivity index (χ1) is 7.78. The Balaban J connectivity index is 3.57. The van der Waals surface area contributed by atoms with Crippen LogP contribution < -0.4 is 5.32 Å². The van der Waals surface area contributed by atoms with Crippen molar-refractivity contribution >= 4 is 0 Å². The third-order valence-electron chi connectivity index (χ3n) is 3.45. The van der Waals surface area contributed by atoms with E-state index in [9.17, 15) is 0 Å². The van der Waals surface area contributed by atoms with E-state index in [1.54, 1.807) is 0 Å². The molecule has 16 heavy (non-hydrogen) atoms. The van der Waals surface area contributed by atoms with Crippen molar-refractivity contribution in [2.24, 2.45) is 5.92 Å². The van der Waals surface area contributed by atoms with E-state index in [1.807, 2.05) is 0 Å². The van der Waals surface area contributed by atoms with Gasteiger partial charge in [0.15, 0.2) is 0 Å². The summed E-state index contributed by atoms with van der Waals surface area (Å²) in [6, 6.07) is 0. The zero-order valence-corrected chi connectivity index (χ0v) is 11.9. The van der Waals surface area contributed by atoms with Crippen molar-refractivity contribution in [3.63, 3.8) is 0 Å². The fraction of sp³-hybridized carbons (Fsp3) is 1.00. The normalized spacial score (nSPS) is 11.6. The van der Waals surface area contributed by atoms with Gasteiger partial charge >= 0.3 is 0 Å². The van der Waals surface area contributed by atoms with Crippen LogP contribution in [0.5, 0.6) is 0 Å². The second-order valence-electron chi connectivity index (χ2n) is 4.64. The number of nitrogens with one attached hydrogen (secondary N) is 1. The molecule has 0 unspecified atom stereocenters. The van der Waals surface area contributed by atoms with Gasteiger partial charge < -0.3 is 10.2 Å². The lowest BCUT2D eigenvalue weighted by Gasteiger charge is -2.25. The van der Waals surface area contributed by atoms with Gasteiger partial charge in [-0.05, 0) is 44.9 Å². The molecule has 0 aromatic rings. The van der Waals surface area contributed by atoms with E-state index < -0.39 is 0 Å². The second-order valence-corrected chi connectivity index (χ2v) is 4.64. The van der Waals surface area contributed by atoms with E-state index >= 15 is 0 Å². The van der Waals surface area contributed by atoms with Gasteiger partial charge in [0.25, 0.3) is 0 Å². The van der Waals surface area contributed by atoms with Crippen LogP contribution in [0, 0.1) is 5.92 Å². The molecule has 0 saturated carbocycles. The van der Waals surface area contributed by atoms with Crippen LogP contribution in [-0.4, -0.2) is 37.6 Å². The lowest BCUT2D eigenvalue weighted by molar-refractivity contribution is 0.229. The van der Waals surface area contributed by atoms with E-state index in [2.05, 4.69) is 37.9 Å². The Labute approximate surface area is 103 Å². The van der Waals surface area contributed by atoms with Crippen LogP contribution in [-0.2, 0) is 0 Å². The third kappa shape index (κ3) is 8.12. The molecular weight excluding hydrogens is 196 g/mol. The van der Waals surface area contributed by atoms with Crippen LogP contribution in [0.3, 0.4) is 0 Å². The van der Waals surface area contributed by atoms with E-state index in [4.69, 9.17) is 0 Å². The number of nitrogens with zero attached hydrogens (tertiary/aromatic N) is 1. The van der Waals surface area contributed by atoms with Crippen LogP contribution >= 0.6 is 0 Å². The number of hydrogen-bond acceptors (Lipinski definition) is 2. The lowest BCUT2D eigenvalue weighted by Crippen LogP contribution is -2.30. The first-order valence-electron chi connectivity index (χ1n) is 7.21. The van der Waals surface area contributed by atoms with Crippen molar-refractivity contribution in [2.45, 2.75) is 53.4 Å². The summed E-state index contributed by atoms with van der Waals surface area (Å²) in [6.45, 7) is 15.1. The van der Waals surface area contributed by atoms with Crippen molar-refractivity contribution < 1.29 is 0 Å². The Kier molecular flexibility index (Phi) is 11.3. The second kappa shape index (κ2) is 11.4. The third-order valence-corrected chi connectivity index (χ3v) is 3.45. The van der Waals surface area contributed by atoms with E-state index in [1.165, 1.54) is 51.9 Å². The van der Waals surface area contributed by atoms with Crippen molar-refractivity contribution in [1.82, 2.24) is 10.2 Å². The van der Waals surface area contributed by atoms with E-state index in [0.717, 1.165) is 12.5 Å². The van der Waals surface area contributed by atoms with Gasteiger partial charge in [-0.2, -0.15) is 0 Å². The summed E-state index contributed by atoms with van der Waals surface area (Å²) >= 11 is 0. The Bertz CT molecular complexity index is 133. The van der Waals surface area contributed by atoms with Gasteiger partial charge in [0.2, 0.25) is 0 Å². The molecule has 0 heterocycles. The predicted octanol–water partition coefficient (Wildman–Crippen LogP) is 3.13. The largest absolute Gasteiger partial charge is 0.317 e. The molecule has 0 aromatic carbocycles. The molecule has 0 aliphatic carbocycles. The molecule has 2 nitrogen and oxygen atoms in total. The van der Waals surface area contributed by atoms with Crippen LogP contribution in [0.15, 0.2) is 0 Å². The van der Waals surface area contributed by atoms with E-state index in [0.29, 0.717) is 0 Å². The van der Waals surface area contributed by atoms with Crippen molar-refractivity contribution in [2.75, 3.05) is 32.7 Å². The first kappa shape index (κ1) is 15.9. The van der Waals surface area contributed by atoms with Crippen molar-refractivity contribution in [3.8, 4) is 0 Å². The number of unbranched alkanes of at least 4 members (excludes halogenated alkanes) is 1. The standard InChI is InChI=1S/C14H32N2/c1-5-14(6-2)13-16(8-4)12-10-9-11-15-7-3/h14-15H,5-13H2,1-4H3. The average molecular weight is 228 g/mol. The topological polar surface area (TPSA) is 15.3 Å². The van der Waals surface area contributed by atoms with E-state index in [-0.39, 0.29) is 0 Å². The maximum atomic E-state index is 3.38. The average Bonchev–Trinajstić information content (AvgIpc) is 2.33. The van der Waals surface area contributed by atoms with Crippen LogP contribution in [0.2, 0.25) is 0 Å². The minimum absolute atomic E-state index is 0.897. The summed E-state index contributed by atoms with van der Waals surface area (Å²) in [5.74, 6) is 0.897. The molecule has 0 rings (SSSR count). The molecule has 0 radical (unpaired) electrons. The quantitative estimate of drug-likeness (QED) is 0.547. The molecule has 0 amide bonds. The highest BCUT2D eigenvalue weighted by atomic mass is 15.1. The molecule has 0 atom stereocenters. The molecule has 0 saturated heterocycles. The molecule has 0 spiro atoms. The van der Waals surface area contributed by atoms with Gasteiger partial charge in [0.05, 0.1) is 0 Å². The fourth-order valence-corrected chi connectivity index (χ4v) is 2.05. The summed E-state index contributed by atoms with van der Waals surface area (Å²) in [5.41, 5.74) is 0. The molecule has 0 fully saturated rings. The van der Waals surface area contributed by atoms with Gasteiger partial charge in [-0.3, -0.25) is 0 Å². The zero-order valence-electron chi connectivity index (χ0n) is 11.9.